The summed E-state index contributed by atoms with van der Waals surface area (Å²) in [5.74, 6) is -0.203. The van der Waals surface area contributed by atoms with Crippen LogP contribution in [-0.2, 0) is 16.0 Å². The molecule has 0 bridgehead atoms. The van der Waals surface area contributed by atoms with Gasteiger partial charge in [0.15, 0.2) is 0 Å². The van der Waals surface area contributed by atoms with Crippen LogP contribution in [-0.4, -0.2) is 24.1 Å². The highest BCUT2D eigenvalue weighted by Gasteiger charge is 2.18. The molecule has 3 nitrogen and oxygen atoms in total. The minimum absolute atomic E-state index is 0.203. The van der Waals surface area contributed by atoms with Gasteiger partial charge in [0.2, 0.25) is 0 Å². The third-order valence-electron chi connectivity index (χ3n) is 2.18. The van der Waals surface area contributed by atoms with Crippen molar-refractivity contribution in [3.05, 3.63) is 35.9 Å². The van der Waals surface area contributed by atoms with Crippen LogP contribution < -0.4 is 5.32 Å². The summed E-state index contributed by atoms with van der Waals surface area (Å²) in [5, 5.41) is 3.06. The lowest BCUT2D eigenvalue weighted by Gasteiger charge is -2.15. The summed E-state index contributed by atoms with van der Waals surface area (Å²) < 4.78 is 5.01. The lowest BCUT2D eigenvalue weighted by Crippen LogP contribution is -2.39. The van der Waals surface area contributed by atoms with Crippen LogP contribution in [0.3, 0.4) is 0 Å². The van der Waals surface area contributed by atoms with Gasteiger partial charge < -0.3 is 4.74 Å². The van der Waals surface area contributed by atoms with E-state index in [2.05, 4.69) is 21.2 Å². The van der Waals surface area contributed by atoms with Gasteiger partial charge in [0.1, 0.15) is 6.04 Å². The average molecular weight is 286 g/mol. The Kier molecular flexibility index (Phi) is 6.11. The fourth-order valence-corrected chi connectivity index (χ4v) is 1.82. The molecule has 0 aliphatic rings. The summed E-state index contributed by atoms with van der Waals surface area (Å²) in [4.78, 5) is 11.6. The van der Waals surface area contributed by atoms with Crippen LogP contribution in [0.4, 0.5) is 0 Å². The molecule has 0 aliphatic carbocycles. The second kappa shape index (κ2) is 7.41. The fourth-order valence-electron chi connectivity index (χ4n) is 1.42. The lowest BCUT2D eigenvalue weighted by molar-refractivity contribution is -0.145. The summed E-state index contributed by atoms with van der Waals surface area (Å²) in [6.07, 6.45) is 0.644. The number of rotatable bonds is 6. The number of carbonyl (C=O) groups is 1. The van der Waals surface area contributed by atoms with Gasteiger partial charge >= 0.3 is 5.97 Å². The molecule has 1 aromatic rings. The molecule has 0 radical (unpaired) electrons. The minimum atomic E-state index is -0.290. The average Bonchev–Trinajstić information content (AvgIpc) is 2.30. The normalized spacial score (nSPS) is 12.1. The summed E-state index contributed by atoms with van der Waals surface area (Å²) in [7, 11) is 0. The SMILES string of the molecule is CCOC(=O)[C@H](Cc1ccccc1)NCBr. The van der Waals surface area contributed by atoms with E-state index < -0.39 is 0 Å². The van der Waals surface area contributed by atoms with Gasteiger partial charge in [0, 0.05) is 0 Å². The Morgan fingerprint density at radius 2 is 2.12 bits per heavy atom. The third-order valence-corrected chi connectivity index (χ3v) is 2.50. The van der Waals surface area contributed by atoms with Gasteiger partial charge in [0.25, 0.3) is 0 Å². The highest BCUT2D eigenvalue weighted by atomic mass is 79.9. The Hall–Kier alpha value is -0.870. The number of halogens is 1. The number of ether oxygens (including phenoxy) is 1. The van der Waals surface area contributed by atoms with E-state index in [1.165, 1.54) is 0 Å². The molecule has 0 saturated heterocycles. The van der Waals surface area contributed by atoms with Crippen molar-refractivity contribution in [2.45, 2.75) is 19.4 Å². The van der Waals surface area contributed by atoms with E-state index in [1.807, 2.05) is 37.3 Å². The predicted molar refractivity (Wildman–Crippen MR) is 67.5 cm³/mol. The van der Waals surface area contributed by atoms with Crippen molar-refractivity contribution in [1.82, 2.24) is 5.32 Å². The molecule has 4 heteroatoms. The molecule has 0 amide bonds. The highest BCUT2D eigenvalue weighted by molar-refractivity contribution is 9.09. The molecule has 1 N–H and O–H groups in total. The van der Waals surface area contributed by atoms with Crippen LogP contribution in [0, 0.1) is 0 Å². The maximum atomic E-state index is 11.6. The van der Waals surface area contributed by atoms with Gasteiger partial charge in [0.05, 0.1) is 12.1 Å². The molecule has 0 unspecified atom stereocenters. The van der Waals surface area contributed by atoms with E-state index in [0.29, 0.717) is 18.5 Å². The standard InChI is InChI=1S/C12H16BrNO2/c1-2-16-12(15)11(14-9-13)8-10-6-4-3-5-7-10/h3-7,11,14H,2,8-9H2,1H3/t11-/m0/s1. The van der Waals surface area contributed by atoms with Crippen LogP contribution in [0.25, 0.3) is 0 Å². The first-order valence-corrected chi connectivity index (χ1v) is 6.40. The van der Waals surface area contributed by atoms with E-state index >= 15 is 0 Å². The first-order valence-electron chi connectivity index (χ1n) is 5.27. The quantitative estimate of drug-likeness (QED) is 0.494. The summed E-state index contributed by atoms with van der Waals surface area (Å²) in [6.45, 7) is 2.22. The van der Waals surface area contributed by atoms with Crippen LogP contribution in [0.1, 0.15) is 12.5 Å². The van der Waals surface area contributed by atoms with E-state index in [9.17, 15) is 4.79 Å². The van der Waals surface area contributed by atoms with Crippen LogP contribution >= 0.6 is 15.9 Å². The van der Waals surface area contributed by atoms with E-state index in [1.54, 1.807) is 0 Å². The van der Waals surface area contributed by atoms with Crippen molar-refractivity contribution < 1.29 is 9.53 Å². The van der Waals surface area contributed by atoms with E-state index in [0.717, 1.165) is 5.56 Å². The maximum Gasteiger partial charge on any atom is 0.323 e. The van der Waals surface area contributed by atoms with Crippen molar-refractivity contribution in [2.75, 3.05) is 12.1 Å². The van der Waals surface area contributed by atoms with Gasteiger partial charge in [-0.15, -0.1) is 0 Å². The second-order valence-corrected chi connectivity index (χ2v) is 3.89. The first-order chi connectivity index (χ1) is 7.77. The number of esters is 1. The van der Waals surface area contributed by atoms with Crippen molar-refractivity contribution >= 4 is 21.9 Å². The van der Waals surface area contributed by atoms with Crippen molar-refractivity contribution in [2.24, 2.45) is 0 Å². The molecule has 88 valence electrons. The molecule has 0 spiro atoms. The maximum absolute atomic E-state index is 11.6. The van der Waals surface area contributed by atoms with Crippen molar-refractivity contribution in [3.8, 4) is 0 Å². The van der Waals surface area contributed by atoms with Crippen LogP contribution in [0.5, 0.6) is 0 Å². The summed E-state index contributed by atoms with van der Waals surface area (Å²) >= 11 is 3.26. The monoisotopic (exact) mass is 285 g/mol. The smallest absolute Gasteiger partial charge is 0.323 e. The summed E-state index contributed by atoms with van der Waals surface area (Å²) in [6, 6.07) is 9.60. The fraction of sp³-hybridized carbons (Fsp3) is 0.417. The van der Waals surface area contributed by atoms with E-state index in [-0.39, 0.29) is 12.0 Å². The third kappa shape index (κ3) is 4.33. The largest absolute Gasteiger partial charge is 0.465 e. The van der Waals surface area contributed by atoms with Gasteiger partial charge in [-0.3, -0.25) is 10.1 Å². The predicted octanol–water partition coefficient (Wildman–Crippen LogP) is 2.10. The Labute approximate surface area is 104 Å². The topological polar surface area (TPSA) is 38.3 Å². The molecule has 0 aromatic heterocycles. The Morgan fingerprint density at radius 3 is 2.69 bits per heavy atom. The molecule has 1 atom stereocenters. The van der Waals surface area contributed by atoms with Gasteiger partial charge in [-0.25, -0.2) is 0 Å². The van der Waals surface area contributed by atoms with Crippen molar-refractivity contribution in [3.63, 3.8) is 0 Å². The van der Waals surface area contributed by atoms with Gasteiger partial charge in [-0.2, -0.15) is 0 Å². The molecular formula is C12H16BrNO2. The number of alkyl halides is 1. The zero-order valence-corrected chi connectivity index (χ0v) is 10.9. The molecule has 0 saturated carbocycles. The van der Waals surface area contributed by atoms with Crippen LogP contribution in [0.2, 0.25) is 0 Å². The van der Waals surface area contributed by atoms with Crippen LogP contribution in [0.15, 0.2) is 30.3 Å². The highest BCUT2D eigenvalue weighted by Crippen LogP contribution is 2.05. The number of hydrogen-bond donors (Lipinski definition) is 1. The number of nitrogens with one attached hydrogen (secondary N) is 1. The van der Waals surface area contributed by atoms with E-state index in [4.69, 9.17) is 4.74 Å². The Balaban J connectivity index is 2.60. The molecule has 16 heavy (non-hydrogen) atoms. The summed E-state index contributed by atoms with van der Waals surface area (Å²) in [5.41, 5.74) is 1.69. The molecule has 0 heterocycles. The van der Waals surface area contributed by atoms with Gasteiger partial charge in [-0.1, -0.05) is 46.3 Å². The second-order valence-electron chi connectivity index (χ2n) is 3.33. The molecule has 0 aliphatic heterocycles. The number of hydrogen-bond acceptors (Lipinski definition) is 3. The molecule has 0 fully saturated rings. The zero-order valence-electron chi connectivity index (χ0n) is 9.28. The molecule has 1 aromatic carbocycles. The van der Waals surface area contributed by atoms with Crippen molar-refractivity contribution in [1.29, 1.82) is 0 Å². The Morgan fingerprint density at radius 1 is 1.44 bits per heavy atom. The number of carbonyl (C=O) groups excluding carboxylic acids is 1. The minimum Gasteiger partial charge on any atom is -0.465 e. The zero-order chi connectivity index (χ0) is 11.8. The first kappa shape index (κ1) is 13.2. The van der Waals surface area contributed by atoms with Gasteiger partial charge in [-0.05, 0) is 18.9 Å². The molecular weight excluding hydrogens is 270 g/mol. The lowest BCUT2D eigenvalue weighted by atomic mass is 10.1. The molecule has 1 rings (SSSR count). The Bertz CT molecular complexity index is 316. The number of benzene rings is 1.